The molecule has 0 aliphatic heterocycles. The molecule has 2 N–H and O–H groups in total. The fourth-order valence-corrected chi connectivity index (χ4v) is 3.66. The van der Waals surface area contributed by atoms with E-state index < -0.39 is 12.0 Å². The van der Waals surface area contributed by atoms with E-state index in [-0.39, 0.29) is 24.3 Å². The van der Waals surface area contributed by atoms with Crippen molar-refractivity contribution in [3.05, 3.63) is 65.7 Å². The lowest BCUT2D eigenvalue weighted by Gasteiger charge is -2.23. The molecule has 1 fully saturated rings. The smallest absolute Gasteiger partial charge is 0.338 e. The summed E-state index contributed by atoms with van der Waals surface area (Å²) in [7, 11) is 0. The van der Waals surface area contributed by atoms with Gasteiger partial charge in [-0.15, -0.1) is 0 Å². The van der Waals surface area contributed by atoms with E-state index in [1.54, 1.807) is 24.3 Å². The molecule has 1 aliphatic carbocycles. The highest BCUT2D eigenvalue weighted by atomic mass is 16.5. The predicted octanol–water partition coefficient (Wildman–Crippen LogP) is 3.68. The van der Waals surface area contributed by atoms with Crippen molar-refractivity contribution in [3.8, 4) is 0 Å². The third kappa shape index (κ3) is 5.91. The maximum atomic E-state index is 12.8. The van der Waals surface area contributed by atoms with Crippen molar-refractivity contribution in [3.63, 3.8) is 0 Å². The molecule has 0 heterocycles. The molecule has 0 saturated heterocycles. The molecule has 1 aliphatic rings. The van der Waals surface area contributed by atoms with Crippen molar-refractivity contribution in [1.29, 1.82) is 0 Å². The van der Waals surface area contributed by atoms with Crippen molar-refractivity contribution in [2.24, 2.45) is 5.92 Å². The zero-order valence-corrected chi connectivity index (χ0v) is 16.5. The van der Waals surface area contributed by atoms with Gasteiger partial charge in [0.05, 0.1) is 5.56 Å². The van der Waals surface area contributed by atoms with E-state index in [2.05, 4.69) is 10.6 Å². The first kappa shape index (κ1) is 20.6. The van der Waals surface area contributed by atoms with Crippen LogP contribution in [0.5, 0.6) is 0 Å². The number of nitrogens with one attached hydrogen (secondary N) is 2. The van der Waals surface area contributed by atoms with Crippen LogP contribution in [-0.4, -0.2) is 23.8 Å². The number of esters is 1. The Morgan fingerprint density at radius 1 is 1.03 bits per heavy atom. The molecule has 1 saturated carbocycles. The van der Waals surface area contributed by atoms with Gasteiger partial charge in [0.25, 0.3) is 0 Å². The van der Waals surface area contributed by atoms with Crippen LogP contribution >= 0.6 is 0 Å². The van der Waals surface area contributed by atoms with E-state index in [0.29, 0.717) is 11.3 Å². The molecule has 1 atom stereocenters. The largest absolute Gasteiger partial charge is 0.457 e. The maximum absolute atomic E-state index is 12.8. The normalized spacial score (nSPS) is 14.8. The summed E-state index contributed by atoms with van der Waals surface area (Å²) in [6.07, 6.45) is 3.97. The molecule has 2 amide bonds. The number of ether oxygens (including phenoxy) is 1. The van der Waals surface area contributed by atoms with Gasteiger partial charge in [-0.25, -0.2) is 4.79 Å². The molecule has 6 heteroatoms. The predicted molar refractivity (Wildman–Crippen MR) is 110 cm³/mol. The van der Waals surface area contributed by atoms with E-state index in [9.17, 15) is 14.4 Å². The molecule has 0 aromatic heterocycles. The first-order valence-corrected chi connectivity index (χ1v) is 9.92. The summed E-state index contributed by atoms with van der Waals surface area (Å²) in [5.41, 5.74) is 1.76. The van der Waals surface area contributed by atoms with Crippen LogP contribution in [0, 0.1) is 5.92 Å². The number of hydrogen-bond donors (Lipinski definition) is 2. The summed E-state index contributed by atoms with van der Waals surface area (Å²) < 4.78 is 5.35. The quantitative estimate of drug-likeness (QED) is 0.702. The number of rotatable bonds is 7. The highest BCUT2D eigenvalue weighted by Gasteiger charge is 2.31. The third-order valence-corrected chi connectivity index (χ3v) is 5.09. The third-order valence-electron chi connectivity index (χ3n) is 5.09. The van der Waals surface area contributed by atoms with Crippen molar-refractivity contribution < 1.29 is 19.1 Å². The second-order valence-electron chi connectivity index (χ2n) is 7.35. The molecule has 2 aromatic rings. The van der Waals surface area contributed by atoms with Crippen molar-refractivity contribution in [2.75, 3.05) is 5.32 Å². The first-order valence-electron chi connectivity index (χ1n) is 9.92. The van der Waals surface area contributed by atoms with Gasteiger partial charge < -0.3 is 15.4 Å². The van der Waals surface area contributed by atoms with Crippen LogP contribution in [-0.2, 0) is 20.9 Å². The van der Waals surface area contributed by atoms with Gasteiger partial charge in [0, 0.05) is 12.6 Å². The van der Waals surface area contributed by atoms with Gasteiger partial charge >= 0.3 is 5.97 Å². The zero-order valence-electron chi connectivity index (χ0n) is 16.5. The average molecular weight is 394 g/mol. The van der Waals surface area contributed by atoms with Gasteiger partial charge in [-0.2, -0.15) is 0 Å². The highest BCUT2D eigenvalue weighted by molar-refractivity contribution is 5.98. The minimum Gasteiger partial charge on any atom is -0.457 e. The van der Waals surface area contributed by atoms with E-state index in [1.807, 2.05) is 30.3 Å². The SMILES string of the molecule is CC(=O)NC(C(=O)Nc1cccc(C(=O)OCc2ccccc2)c1)C1CCCC1. The summed E-state index contributed by atoms with van der Waals surface area (Å²) in [5, 5.41) is 5.61. The van der Waals surface area contributed by atoms with Gasteiger partial charge in [-0.05, 0) is 42.5 Å². The Bertz CT molecular complexity index is 860. The average Bonchev–Trinajstić information content (AvgIpc) is 3.25. The summed E-state index contributed by atoms with van der Waals surface area (Å²) in [6, 6.07) is 15.5. The minimum atomic E-state index is -0.566. The molecule has 152 valence electrons. The van der Waals surface area contributed by atoms with E-state index in [0.717, 1.165) is 31.2 Å². The highest BCUT2D eigenvalue weighted by Crippen LogP contribution is 2.28. The molecule has 0 bridgehead atoms. The van der Waals surface area contributed by atoms with Crippen LogP contribution in [0.4, 0.5) is 5.69 Å². The number of carbonyl (C=O) groups is 3. The lowest BCUT2D eigenvalue weighted by atomic mass is 9.97. The number of hydrogen-bond acceptors (Lipinski definition) is 4. The lowest BCUT2D eigenvalue weighted by molar-refractivity contribution is -0.126. The fourth-order valence-electron chi connectivity index (χ4n) is 3.66. The molecule has 0 spiro atoms. The van der Waals surface area contributed by atoms with Crippen LogP contribution in [0.2, 0.25) is 0 Å². The van der Waals surface area contributed by atoms with Gasteiger partial charge in [-0.3, -0.25) is 9.59 Å². The molecule has 0 radical (unpaired) electrons. The van der Waals surface area contributed by atoms with Crippen molar-refractivity contribution in [2.45, 2.75) is 45.3 Å². The number of amides is 2. The second-order valence-corrected chi connectivity index (χ2v) is 7.35. The monoisotopic (exact) mass is 394 g/mol. The molecular formula is C23H26N2O4. The molecular weight excluding hydrogens is 368 g/mol. The summed E-state index contributed by atoms with van der Waals surface area (Å²) in [6.45, 7) is 1.60. The maximum Gasteiger partial charge on any atom is 0.338 e. The Hall–Kier alpha value is -3.15. The van der Waals surface area contributed by atoms with Gasteiger partial charge in [0.1, 0.15) is 12.6 Å². The van der Waals surface area contributed by atoms with Gasteiger partial charge in [0.15, 0.2) is 0 Å². The van der Waals surface area contributed by atoms with Crippen LogP contribution < -0.4 is 10.6 Å². The van der Waals surface area contributed by atoms with Gasteiger partial charge in [0.2, 0.25) is 11.8 Å². The summed E-state index contributed by atoms with van der Waals surface area (Å²) in [5.74, 6) is -0.811. The van der Waals surface area contributed by atoms with Crippen LogP contribution in [0.3, 0.4) is 0 Å². The summed E-state index contributed by atoms with van der Waals surface area (Å²) >= 11 is 0. The Kier molecular flexibility index (Phi) is 7.00. The Balaban J connectivity index is 1.63. The lowest BCUT2D eigenvalue weighted by Crippen LogP contribution is -2.47. The Morgan fingerprint density at radius 3 is 2.45 bits per heavy atom. The number of anilines is 1. The summed E-state index contributed by atoms with van der Waals surface area (Å²) in [4.78, 5) is 36.7. The Morgan fingerprint density at radius 2 is 1.76 bits per heavy atom. The minimum absolute atomic E-state index is 0.137. The number of carbonyl (C=O) groups excluding carboxylic acids is 3. The van der Waals surface area contributed by atoms with Crippen LogP contribution in [0.25, 0.3) is 0 Å². The van der Waals surface area contributed by atoms with Crippen LogP contribution in [0.15, 0.2) is 54.6 Å². The fraction of sp³-hybridized carbons (Fsp3) is 0.348. The molecule has 3 rings (SSSR count). The molecule has 2 aromatic carbocycles. The van der Waals surface area contributed by atoms with Crippen molar-refractivity contribution >= 4 is 23.5 Å². The zero-order chi connectivity index (χ0) is 20.6. The first-order chi connectivity index (χ1) is 14.0. The molecule has 29 heavy (non-hydrogen) atoms. The van der Waals surface area contributed by atoms with Gasteiger partial charge in [-0.1, -0.05) is 49.2 Å². The van der Waals surface area contributed by atoms with E-state index in [4.69, 9.17) is 4.74 Å². The topological polar surface area (TPSA) is 84.5 Å². The van der Waals surface area contributed by atoms with E-state index >= 15 is 0 Å². The second kappa shape index (κ2) is 9.87. The Labute approximate surface area is 170 Å². The number of benzene rings is 2. The van der Waals surface area contributed by atoms with E-state index in [1.165, 1.54) is 6.92 Å². The van der Waals surface area contributed by atoms with Crippen molar-refractivity contribution in [1.82, 2.24) is 5.32 Å². The standard InChI is InChI=1S/C23H26N2O4/c1-16(26)24-21(18-10-5-6-11-18)22(27)25-20-13-7-12-19(14-20)23(28)29-15-17-8-3-2-4-9-17/h2-4,7-9,12-14,18,21H,5-6,10-11,15H2,1H3,(H,24,26)(H,25,27). The van der Waals surface area contributed by atoms with Crippen LogP contribution in [0.1, 0.15) is 48.5 Å². The molecule has 1 unspecified atom stereocenters. The molecule has 6 nitrogen and oxygen atoms in total.